The summed E-state index contributed by atoms with van der Waals surface area (Å²) in [6, 6.07) is 6.41. The van der Waals surface area contributed by atoms with Gasteiger partial charge in [0.05, 0.1) is 18.2 Å². The average molecular weight is 363 g/mol. The molecular formula is C16H12F3N5S. The number of hydrogen-bond acceptors (Lipinski definition) is 5. The highest BCUT2D eigenvalue weighted by Gasteiger charge is 2.34. The molecular weight excluding hydrogens is 351 g/mol. The van der Waals surface area contributed by atoms with Crippen LogP contribution in [0.1, 0.15) is 18.2 Å². The molecule has 0 aliphatic carbocycles. The number of halogens is 3. The summed E-state index contributed by atoms with van der Waals surface area (Å²) in [5, 5.41) is 12.3. The highest BCUT2D eigenvalue weighted by atomic mass is 32.2. The van der Waals surface area contributed by atoms with E-state index in [1.165, 1.54) is 18.0 Å². The van der Waals surface area contributed by atoms with Gasteiger partial charge >= 0.3 is 6.18 Å². The monoisotopic (exact) mass is 363 g/mol. The largest absolute Gasteiger partial charge is 0.435 e. The van der Waals surface area contributed by atoms with Gasteiger partial charge in [-0.1, -0.05) is 6.92 Å². The fourth-order valence-electron chi connectivity index (χ4n) is 2.28. The van der Waals surface area contributed by atoms with Crippen molar-refractivity contribution >= 4 is 17.4 Å². The molecule has 3 aromatic heterocycles. The molecule has 9 heteroatoms. The molecule has 3 rings (SSSR count). The van der Waals surface area contributed by atoms with Crippen molar-refractivity contribution in [3.8, 4) is 17.5 Å². The van der Waals surface area contributed by atoms with Crippen molar-refractivity contribution < 1.29 is 13.2 Å². The van der Waals surface area contributed by atoms with Gasteiger partial charge in [0.15, 0.2) is 11.3 Å². The smallest absolute Gasteiger partial charge is 0.253 e. The molecule has 0 aliphatic heterocycles. The Hall–Kier alpha value is -2.60. The van der Waals surface area contributed by atoms with Gasteiger partial charge < -0.3 is 0 Å². The van der Waals surface area contributed by atoms with E-state index in [1.54, 1.807) is 12.3 Å². The van der Waals surface area contributed by atoms with Crippen LogP contribution in [0.15, 0.2) is 35.5 Å². The number of alkyl halides is 3. The van der Waals surface area contributed by atoms with Crippen molar-refractivity contribution in [3.05, 3.63) is 41.9 Å². The first-order valence-corrected chi connectivity index (χ1v) is 8.33. The summed E-state index contributed by atoms with van der Waals surface area (Å²) in [6.45, 7) is 1.98. The van der Waals surface area contributed by atoms with Crippen molar-refractivity contribution in [1.82, 2.24) is 19.6 Å². The molecule has 25 heavy (non-hydrogen) atoms. The fraction of sp³-hybridized carbons (Fsp3) is 0.250. The number of aromatic nitrogens is 4. The van der Waals surface area contributed by atoms with E-state index in [-0.39, 0.29) is 12.1 Å². The van der Waals surface area contributed by atoms with Crippen molar-refractivity contribution in [2.24, 2.45) is 0 Å². The van der Waals surface area contributed by atoms with Crippen LogP contribution < -0.4 is 0 Å². The Bertz CT molecular complexity index is 959. The number of nitriles is 1. The lowest BCUT2D eigenvalue weighted by atomic mass is 10.2. The van der Waals surface area contributed by atoms with Crippen LogP contribution in [0.2, 0.25) is 0 Å². The van der Waals surface area contributed by atoms with E-state index in [0.29, 0.717) is 11.4 Å². The minimum absolute atomic E-state index is 0.0974. The molecule has 3 heterocycles. The van der Waals surface area contributed by atoms with Crippen LogP contribution in [0.4, 0.5) is 13.2 Å². The lowest BCUT2D eigenvalue weighted by Gasteiger charge is -2.08. The van der Waals surface area contributed by atoms with Crippen LogP contribution in [-0.4, -0.2) is 25.3 Å². The minimum Gasteiger partial charge on any atom is -0.253 e. The van der Waals surface area contributed by atoms with Crippen molar-refractivity contribution in [3.63, 3.8) is 0 Å². The first-order valence-electron chi connectivity index (χ1n) is 7.35. The molecule has 0 saturated heterocycles. The van der Waals surface area contributed by atoms with E-state index in [1.807, 2.05) is 13.0 Å². The minimum atomic E-state index is -4.52. The van der Waals surface area contributed by atoms with Crippen LogP contribution in [0, 0.1) is 11.3 Å². The standard InChI is InChI=1S/C16H12F3N5S/c1-2-25-12-7-10(3-5-20)9-21-15(12)11-4-6-24-14(22-11)8-13(23-24)16(17,18)19/h4,6-9H,2-3H2,1H3. The third-order valence-electron chi connectivity index (χ3n) is 3.35. The zero-order valence-electron chi connectivity index (χ0n) is 13.1. The van der Waals surface area contributed by atoms with Crippen LogP contribution in [0.3, 0.4) is 0 Å². The quantitative estimate of drug-likeness (QED) is 0.656. The van der Waals surface area contributed by atoms with E-state index < -0.39 is 11.9 Å². The Balaban J connectivity index is 2.07. The summed E-state index contributed by atoms with van der Waals surface area (Å²) in [5.74, 6) is 0.790. The molecule has 0 radical (unpaired) electrons. The van der Waals surface area contributed by atoms with E-state index in [4.69, 9.17) is 5.26 Å². The molecule has 0 aliphatic rings. The average Bonchev–Trinajstić information content (AvgIpc) is 2.99. The number of rotatable bonds is 4. The van der Waals surface area contributed by atoms with E-state index >= 15 is 0 Å². The normalized spacial score (nSPS) is 11.6. The van der Waals surface area contributed by atoms with Crippen molar-refractivity contribution in [1.29, 1.82) is 5.26 Å². The topological polar surface area (TPSA) is 66.9 Å². The van der Waals surface area contributed by atoms with Gasteiger partial charge in [0.2, 0.25) is 0 Å². The van der Waals surface area contributed by atoms with Crippen LogP contribution in [-0.2, 0) is 12.6 Å². The molecule has 3 aromatic rings. The van der Waals surface area contributed by atoms with E-state index in [0.717, 1.165) is 26.8 Å². The van der Waals surface area contributed by atoms with Crippen LogP contribution >= 0.6 is 11.8 Å². The predicted molar refractivity (Wildman–Crippen MR) is 86.9 cm³/mol. The highest BCUT2D eigenvalue weighted by molar-refractivity contribution is 7.99. The number of pyridine rings is 1. The van der Waals surface area contributed by atoms with Gasteiger partial charge in [-0.05, 0) is 23.4 Å². The molecule has 128 valence electrons. The number of nitrogens with zero attached hydrogens (tertiary/aromatic N) is 5. The summed E-state index contributed by atoms with van der Waals surface area (Å²) in [4.78, 5) is 9.46. The second kappa shape index (κ2) is 6.72. The number of fused-ring (bicyclic) bond motifs is 1. The third kappa shape index (κ3) is 3.58. The lowest BCUT2D eigenvalue weighted by molar-refractivity contribution is -0.141. The molecule has 5 nitrogen and oxygen atoms in total. The molecule has 0 atom stereocenters. The summed E-state index contributed by atoms with van der Waals surface area (Å²) >= 11 is 1.54. The zero-order valence-corrected chi connectivity index (χ0v) is 13.9. The Morgan fingerprint density at radius 1 is 1.32 bits per heavy atom. The molecule has 0 aromatic carbocycles. The van der Waals surface area contributed by atoms with Gasteiger partial charge in [-0.15, -0.1) is 11.8 Å². The fourth-order valence-corrected chi connectivity index (χ4v) is 3.12. The van der Waals surface area contributed by atoms with Crippen molar-refractivity contribution in [2.75, 3.05) is 5.75 Å². The second-order valence-electron chi connectivity index (χ2n) is 5.10. The maximum absolute atomic E-state index is 12.8. The van der Waals surface area contributed by atoms with E-state index in [2.05, 4.69) is 21.1 Å². The molecule has 0 fully saturated rings. The van der Waals surface area contributed by atoms with Crippen LogP contribution in [0.25, 0.3) is 17.0 Å². The molecule has 0 unspecified atom stereocenters. The first-order chi connectivity index (χ1) is 11.9. The molecule has 0 N–H and O–H groups in total. The molecule has 0 amide bonds. The van der Waals surface area contributed by atoms with Gasteiger partial charge in [0.25, 0.3) is 0 Å². The number of hydrogen-bond donors (Lipinski definition) is 0. The Morgan fingerprint density at radius 2 is 2.12 bits per heavy atom. The summed E-state index contributed by atoms with van der Waals surface area (Å²) < 4.78 is 39.4. The maximum Gasteiger partial charge on any atom is 0.435 e. The van der Waals surface area contributed by atoms with Gasteiger partial charge in [-0.3, -0.25) is 4.98 Å². The van der Waals surface area contributed by atoms with Gasteiger partial charge in [-0.25, -0.2) is 9.50 Å². The van der Waals surface area contributed by atoms with Gasteiger partial charge in [0, 0.05) is 23.4 Å². The molecule has 0 spiro atoms. The first kappa shape index (κ1) is 17.2. The van der Waals surface area contributed by atoms with E-state index in [9.17, 15) is 13.2 Å². The van der Waals surface area contributed by atoms with Crippen molar-refractivity contribution in [2.45, 2.75) is 24.4 Å². The Kier molecular flexibility index (Phi) is 4.63. The third-order valence-corrected chi connectivity index (χ3v) is 4.26. The predicted octanol–water partition coefficient (Wildman–Crippen LogP) is 3.99. The zero-order chi connectivity index (χ0) is 18.0. The SMILES string of the molecule is CCSc1cc(CC#N)cnc1-c1ccn2nc(C(F)(F)F)cc2n1. The number of thioether (sulfide) groups is 1. The summed E-state index contributed by atoms with van der Waals surface area (Å²) in [7, 11) is 0. The Morgan fingerprint density at radius 3 is 2.80 bits per heavy atom. The molecule has 0 bridgehead atoms. The summed E-state index contributed by atoms with van der Waals surface area (Å²) in [6.07, 6.45) is -1.26. The maximum atomic E-state index is 12.8. The highest BCUT2D eigenvalue weighted by Crippen LogP contribution is 2.31. The van der Waals surface area contributed by atoms with Gasteiger partial charge in [0.1, 0.15) is 5.69 Å². The summed E-state index contributed by atoms with van der Waals surface area (Å²) in [5.41, 5.74) is 0.927. The molecule has 0 saturated carbocycles. The second-order valence-corrected chi connectivity index (χ2v) is 6.41. The Labute approximate surface area is 145 Å². The lowest BCUT2D eigenvalue weighted by Crippen LogP contribution is -2.05. The van der Waals surface area contributed by atoms with Gasteiger partial charge in [-0.2, -0.15) is 23.5 Å². The van der Waals surface area contributed by atoms with Crippen LogP contribution in [0.5, 0.6) is 0 Å².